The highest BCUT2D eigenvalue weighted by Gasteiger charge is 2.17. The molecule has 1 amide bonds. The predicted molar refractivity (Wildman–Crippen MR) is 62.1 cm³/mol. The standard InChI is InChI=1S/C11H16N4O/c1-8(12)9-2-3-13-10(6-9)15-5-4-14-11(16)7-15/h2-3,6,8H,4-5,7,12H2,1H3,(H,14,16)/t8-/m1/s1. The molecule has 0 saturated carbocycles. The molecule has 3 N–H and O–H groups in total. The third-order valence-corrected chi connectivity index (χ3v) is 2.66. The second kappa shape index (κ2) is 4.49. The molecule has 2 rings (SSSR count). The lowest BCUT2D eigenvalue weighted by Crippen LogP contribution is -2.48. The van der Waals surface area contributed by atoms with Crippen molar-refractivity contribution in [3.05, 3.63) is 23.9 Å². The maximum atomic E-state index is 11.3. The van der Waals surface area contributed by atoms with Crippen LogP contribution in [-0.4, -0.2) is 30.5 Å². The Kier molecular flexibility index (Phi) is 3.05. The van der Waals surface area contributed by atoms with Crippen LogP contribution in [0, 0.1) is 0 Å². The first-order chi connectivity index (χ1) is 7.66. The number of amides is 1. The van der Waals surface area contributed by atoms with E-state index in [0.717, 1.165) is 17.9 Å². The lowest BCUT2D eigenvalue weighted by atomic mass is 10.1. The summed E-state index contributed by atoms with van der Waals surface area (Å²) in [5, 5.41) is 2.79. The summed E-state index contributed by atoms with van der Waals surface area (Å²) < 4.78 is 0. The summed E-state index contributed by atoms with van der Waals surface area (Å²) in [5.74, 6) is 0.865. The Hall–Kier alpha value is -1.62. The molecule has 0 bridgehead atoms. The highest BCUT2D eigenvalue weighted by molar-refractivity contribution is 5.82. The van der Waals surface area contributed by atoms with Crippen LogP contribution in [0.2, 0.25) is 0 Å². The molecule has 16 heavy (non-hydrogen) atoms. The average Bonchev–Trinajstić information content (AvgIpc) is 2.29. The molecular weight excluding hydrogens is 204 g/mol. The Labute approximate surface area is 94.6 Å². The first-order valence-corrected chi connectivity index (χ1v) is 5.40. The van der Waals surface area contributed by atoms with Crippen molar-refractivity contribution >= 4 is 11.7 Å². The zero-order valence-corrected chi connectivity index (χ0v) is 9.31. The van der Waals surface area contributed by atoms with E-state index in [4.69, 9.17) is 5.73 Å². The van der Waals surface area contributed by atoms with Gasteiger partial charge in [-0.3, -0.25) is 4.79 Å². The molecule has 1 fully saturated rings. The summed E-state index contributed by atoms with van der Waals surface area (Å²) >= 11 is 0. The summed E-state index contributed by atoms with van der Waals surface area (Å²) in [5.41, 5.74) is 6.85. The molecule has 1 aliphatic heterocycles. The number of piperazine rings is 1. The van der Waals surface area contributed by atoms with Crippen molar-refractivity contribution in [2.24, 2.45) is 5.73 Å². The van der Waals surface area contributed by atoms with Crippen LogP contribution < -0.4 is 16.0 Å². The Balaban J connectivity index is 2.19. The number of nitrogens with zero attached hydrogens (tertiary/aromatic N) is 2. The number of carbonyl (C=O) groups excluding carboxylic acids is 1. The lowest BCUT2D eigenvalue weighted by Gasteiger charge is -2.28. The van der Waals surface area contributed by atoms with Crippen molar-refractivity contribution in [3.63, 3.8) is 0 Å². The summed E-state index contributed by atoms with van der Waals surface area (Å²) in [6, 6.07) is 3.84. The predicted octanol–water partition coefficient (Wildman–Crippen LogP) is 0.0375. The molecule has 0 radical (unpaired) electrons. The van der Waals surface area contributed by atoms with Crippen molar-refractivity contribution in [1.29, 1.82) is 0 Å². The molecular formula is C11H16N4O. The van der Waals surface area contributed by atoms with Gasteiger partial charge in [-0.2, -0.15) is 0 Å². The number of anilines is 1. The maximum Gasteiger partial charge on any atom is 0.239 e. The van der Waals surface area contributed by atoms with Crippen LogP contribution in [0.1, 0.15) is 18.5 Å². The fraction of sp³-hybridized carbons (Fsp3) is 0.455. The van der Waals surface area contributed by atoms with E-state index in [1.807, 2.05) is 24.0 Å². The maximum absolute atomic E-state index is 11.3. The minimum absolute atomic E-state index is 0.0135. The number of hydrogen-bond donors (Lipinski definition) is 2. The number of hydrogen-bond acceptors (Lipinski definition) is 4. The Morgan fingerprint density at radius 1 is 1.62 bits per heavy atom. The Morgan fingerprint density at radius 2 is 2.44 bits per heavy atom. The van der Waals surface area contributed by atoms with Gasteiger partial charge in [-0.05, 0) is 24.6 Å². The van der Waals surface area contributed by atoms with Gasteiger partial charge in [0, 0.05) is 25.3 Å². The van der Waals surface area contributed by atoms with E-state index < -0.39 is 0 Å². The van der Waals surface area contributed by atoms with Gasteiger partial charge in [-0.15, -0.1) is 0 Å². The molecule has 0 aromatic carbocycles. The lowest BCUT2D eigenvalue weighted by molar-refractivity contribution is -0.120. The number of rotatable bonds is 2. The van der Waals surface area contributed by atoms with Gasteiger partial charge in [0.05, 0.1) is 6.54 Å². The number of pyridine rings is 1. The van der Waals surface area contributed by atoms with Gasteiger partial charge in [0.1, 0.15) is 5.82 Å². The second-order valence-corrected chi connectivity index (χ2v) is 4.01. The van der Waals surface area contributed by atoms with E-state index in [0.29, 0.717) is 13.1 Å². The quantitative estimate of drug-likeness (QED) is 0.738. The van der Waals surface area contributed by atoms with Crippen LogP contribution in [0.5, 0.6) is 0 Å². The molecule has 5 nitrogen and oxygen atoms in total. The summed E-state index contributed by atoms with van der Waals surface area (Å²) in [6.45, 7) is 3.77. The van der Waals surface area contributed by atoms with Gasteiger partial charge in [0.25, 0.3) is 0 Å². The Morgan fingerprint density at radius 3 is 3.12 bits per heavy atom. The topological polar surface area (TPSA) is 71.2 Å². The molecule has 0 spiro atoms. The minimum atomic E-state index is -0.0135. The second-order valence-electron chi connectivity index (χ2n) is 4.01. The Bertz CT molecular complexity index is 391. The fourth-order valence-electron chi connectivity index (χ4n) is 1.72. The van der Waals surface area contributed by atoms with Gasteiger partial charge in [-0.1, -0.05) is 0 Å². The minimum Gasteiger partial charge on any atom is -0.353 e. The molecule has 0 aliphatic carbocycles. The SMILES string of the molecule is C[C@@H](N)c1ccnc(N2CCNC(=O)C2)c1. The zero-order valence-electron chi connectivity index (χ0n) is 9.31. The van der Waals surface area contributed by atoms with Crippen LogP contribution in [0.15, 0.2) is 18.3 Å². The smallest absolute Gasteiger partial charge is 0.239 e. The molecule has 1 aromatic heterocycles. The molecule has 5 heteroatoms. The number of nitrogens with one attached hydrogen (secondary N) is 1. The first-order valence-electron chi connectivity index (χ1n) is 5.40. The highest BCUT2D eigenvalue weighted by Crippen LogP contribution is 2.16. The summed E-state index contributed by atoms with van der Waals surface area (Å²) in [4.78, 5) is 17.5. The zero-order chi connectivity index (χ0) is 11.5. The largest absolute Gasteiger partial charge is 0.353 e. The highest BCUT2D eigenvalue weighted by atomic mass is 16.2. The molecule has 1 aliphatic rings. The third kappa shape index (κ3) is 2.30. The van der Waals surface area contributed by atoms with Gasteiger partial charge < -0.3 is 16.0 Å². The van der Waals surface area contributed by atoms with Gasteiger partial charge in [-0.25, -0.2) is 4.98 Å². The third-order valence-electron chi connectivity index (χ3n) is 2.66. The van der Waals surface area contributed by atoms with Crippen LogP contribution in [0.3, 0.4) is 0 Å². The van der Waals surface area contributed by atoms with E-state index in [-0.39, 0.29) is 11.9 Å². The van der Waals surface area contributed by atoms with Crippen molar-refractivity contribution in [1.82, 2.24) is 10.3 Å². The van der Waals surface area contributed by atoms with Crippen molar-refractivity contribution < 1.29 is 4.79 Å². The summed E-state index contributed by atoms with van der Waals surface area (Å²) in [7, 11) is 0. The molecule has 86 valence electrons. The van der Waals surface area contributed by atoms with Crippen LogP contribution in [-0.2, 0) is 4.79 Å². The normalized spacial score (nSPS) is 18.1. The van der Waals surface area contributed by atoms with Gasteiger partial charge >= 0.3 is 0 Å². The molecule has 1 saturated heterocycles. The van der Waals surface area contributed by atoms with Crippen LogP contribution in [0.4, 0.5) is 5.82 Å². The van der Waals surface area contributed by atoms with Gasteiger partial charge in [0.15, 0.2) is 0 Å². The van der Waals surface area contributed by atoms with E-state index in [9.17, 15) is 4.79 Å². The number of nitrogens with two attached hydrogens (primary N) is 1. The van der Waals surface area contributed by atoms with Crippen LogP contribution in [0.25, 0.3) is 0 Å². The fourth-order valence-corrected chi connectivity index (χ4v) is 1.72. The van der Waals surface area contributed by atoms with Gasteiger partial charge in [0.2, 0.25) is 5.91 Å². The summed E-state index contributed by atoms with van der Waals surface area (Å²) in [6.07, 6.45) is 1.74. The average molecular weight is 220 g/mol. The van der Waals surface area contributed by atoms with Crippen molar-refractivity contribution in [2.75, 3.05) is 24.5 Å². The van der Waals surface area contributed by atoms with Crippen molar-refractivity contribution in [2.45, 2.75) is 13.0 Å². The number of aromatic nitrogens is 1. The molecule has 2 heterocycles. The van der Waals surface area contributed by atoms with Crippen LogP contribution >= 0.6 is 0 Å². The number of carbonyl (C=O) groups is 1. The molecule has 1 aromatic rings. The van der Waals surface area contributed by atoms with E-state index >= 15 is 0 Å². The molecule has 0 unspecified atom stereocenters. The van der Waals surface area contributed by atoms with E-state index in [2.05, 4.69) is 10.3 Å². The van der Waals surface area contributed by atoms with E-state index in [1.165, 1.54) is 0 Å². The monoisotopic (exact) mass is 220 g/mol. The van der Waals surface area contributed by atoms with E-state index in [1.54, 1.807) is 6.20 Å². The molecule has 1 atom stereocenters. The van der Waals surface area contributed by atoms with Crippen molar-refractivity contribution in [3.8, 4) is 0 Å². The first kappa shape index (κ1) is 10.9.